The van der Waals surface area contributed by atoms with Gasteiger partial charge in [0.25, 0.3) is 10.0 Å². The van der Waals surface area contributed by atoms with Crippen LogP contribution in [0, 0.1) is 0 Å². The summed E-state index contributed by atoms with van der Waals surface area (Å²) >= 11 is 1.09. The fraction of sp³-hybridized carbons (Fsp3) is 0.222. The molecule has 0 unspecified atom stereocenters. The van der Waals surface area contributed by atoms with Crippen molar-refractivity contribution < 1.29 is 17.9 Å². The van der Waals surface area contributed by atoms with Gasteiger partial charge in [-0.25, -0.2) is 13.4 Å². The second-order valence-corrected chi connectivity index (χ2v) is 5.98. The molecule has 0 saturated heterocycles. The van der Waals surface area contributed by atoms with Gasteiger partial charge in [0.15, 0.2) is 5.13 Å². The molecule has 0 aliphatic carbocycles. The molecule has 10 heteroatoms. The Balaban J connectivity index is 2.10. The Labute approximate surface area is 112 Å². The molecule has 19 heavy (non-hydrogen) atoms. The molecule has 0 aliphatic rings. The number of nitrogens with zero attached hydrogens (tertiary/aromatic N) is 2. The van der Waals surface area contributed by atoms with Crippen LogP contribution in [0.4, 0.5) is 5.13 Å². The SMILES string of the molecule is COC(=O)Cc1csc(NS(=O)(=O)c2cn[nH]c2)n1. The summed E-state index contributed by atoms with van der Waals surface area (Å²) in [7, 11) is -2.43. The van der Waals surface area contributed by atoms with Crippen LogP contribution in [0.5, 0.6) is 0 Å². The van der Waals surface area contributed by atoms with Crippen LogP contribution >= 0.6 is 11.3 Å². The minimum absolute atomic E-state index is 0.000434. The summed E-state index contributed by atoms with van der Waals surface area (Å²) in [6.07, 6.45) is 2.44. The maximum atomic E-state index is 11.9. The third-order valence-corrected chi connectivity index (χ3v) is 4.35. The smallest absolute Gasteiger partial charge is 0.311 e. The Morgan fingerprint density at radius 2 is 2.37 bits per heavy atom. The van der Waals surface area contributed by atoms with Gasteiger partial charge in [0, 0.05) is 11.6 Å². The lowest BCUT2D eigenvalue weighted by Gasteiger charge is -2.01. The number of aromatic nitrogens is 3. The van der Waals surface area contributed by atoms with Gasteiger partial charge >= 0.3 is 5.97 Å². The van der Waals surface area contributed by atoms with Crippen LogP contribution in [0.15, 0.2) is 22.7 Å². The fourth-order valence-corrected chi connectivity index (χ4v) is 3.08. The molecule has 0 spiro atoms. The number of H-pyrrole nitrogens is 1. The minimum Gasteiger partial charge on any atom is -0.469 e. The molecule has 2 heterocycles. The van der Waals surface area contributed by atoms with E-state index in [4.69, 9.17) is 0 Å². The number of hydrogen-bond acceptors (Lipinski definition) is 7. The van der Waals surface area contributed by atoms with E-state index in [1.54, 1.807) is 5.38 Å². The largest absolute Gasteiger partial charge is 0.469 e. The number of esters is 1. The predicted octanol–water partition coefficient (Wildman–Crippen LogP) is 0.382. The first kappa shape index (κ1) is 13.5. The minimum atomic E-state index is -3.70. The summed E-state index contributed by atoms with van der Waals surface area (Å²) in [5, 5.41) is 7.74. The molecule has 2 rings (SSSR count). The maximum Gasteiger partial charge on any atom is 0.311 e. The summed E-state index contributed by atoms with van der Waals surface area (Å²) in [5.74, 6) is -0.436. The van der Waals surface area contributed by atoms with Crippen molar-refractivity contribution in [3.63, 3.8) is 0 Å². The van der Waals surface area contributed by atoms with Gasteiger partial charge in [-0.2, -0.15) is 5.10 Å². The van der Waals surface area contributed by atoms with Gasteiger partial charge in [-0.3, -0.25) is 14.6 Å². The number of rotatable bonds is 5. The molecule has 0 saturated carbocycles. The Bertz CT molecular complexity index is 662. The third kappa shape index (κ3) is 3.29. The van der Waals surface area contributed by atoms with E-state index in [-0.39, 0.29) is 16.4 Å². The number of aromatic amines is 1. The Hall–Kier alpha value is -1.94. The highest BCUT2D eigenvalue weighted by atomic mass is 32.2. The van der Waals surface area contributed by atoms with Crippen LogP contribution in [-0.4, -0.2) is 36.7 Å². The number of carbonyl (C=O) groups excluding carboxylic acids is 1. The van der Waals surface area contributed by atoms with Gasteiger partial charge in [0.2, 0.25) is 0 Å². The lowest BCUT2D eigenvalue weighted by atomic mass is 10.3. The molecule has 0 radical (unpaired) electrons. The molecule has 2 aromatic heterocycles. The monoisotopic (exact) mass is 302 g/mol. The van der Waals surface area contributed by atoms with E-state index in [1.165, 1.54) is 19.5 Å². The average Bonchev–Trinajstić information content (AvgIpc) is 3.00. The zero-order chi connectivity index (χ0) is 13.9. The van der Waals surface area contributed by atoms with Crippen molar-refractivity contribution in [1.82, 2.24) is 15.2 Å². The number of nitrogens with one attached hydrogen (secondary N) is 2. The standard InChI is InChI=1S/C9H10N4O4S2/c1-17-8(14)2-6-5-18-9(12-6)13-19(15,16)7-3-10-11-4-7/h3-5H,2H2,1H3,(H,10,11)(H,12,13). The molecular weight excluding hydrogens is 292 g/mol. The van der Waals surface area contributed by atoms with E-state index in [0.717, 1.165) is 11.3 Å². The van der Waals surface area contributed by atoms with E-state index >= 15 is 0 Å². The van der Waals surface area contributed by atoms with Crippen LogP contribution in [0.2, 0.25) is 0 Å². The van der Waals surface area contributed by atoms with E-state index in [1.807, 2.05) is 0 Å². The molecule has 102 valence electrons. The van der Waals surface area contributed by atoms with Gasteiger partial charge in [-0.1, -0.05) is 0 Å². The van der Waals surface area contributed by atoms with Gasteiger partial charge in [0.05, 0.1) is 25.4 Å². The van der Waals surface area contributed by atoms with Gasteiger partial charge < -0.3 is 4.74 Å². The highest BCUT2D eigenvalue weighted by Gasteiger charge is 2.17. The first-order valence-corrected chi connectivity index (χ1v) is 7.40. The molecule has 2 aromatic rings. The number of methoxy groups -OCH3 is 1. The molecule has 8 nitrogen and oxygen atoms in total. The highest BCUT2D eigenvalue weighted by molar-refractivity contribution is 7.93. The molecule has 0 amide bonds. The zero-order valence-electron chi connectivity index (χ0n) is 9.78. The first-order valence-electron chi connectivity index (χ1n) is 5.04. The lowest BCUT2D eigenvalue weighted by molar-refractivity contribution is -0.139. The number of sulfonamides is 1. The van der Waals surface area contributed by atoms with Gasteiger partial charge in [-0.05, 0) is 0 Å². The van der Waals surface area contributed by atoms with Crippen molar-refractivity contribution in [3.05, 3.63) is 23.5 Å². The average molecular weight is 302 g/mol. The lowest BCUT2D eigenvalue weighted by Crippen LogP contribution is -2.12. The van der Waals surface area contributed by atoms with Gasteiger partial charge in [0.1, 0.15) is 4.90 Å². The zero-order valence-corrected chi connectivity index (χ0v) is 11.4. The van der Waals surface area contributed by atoms with E-state index in [9.17, 15) is 13.2 Å². The number of anilines is 1. The highest BCUT2D eigenvalue weighted by Crippen LogP contribution is 2.19. The van der Waals surface area contributed by atoms with Crippen molar-refractivity contribution in [2.45, 2.75) is 11.3 Å². The summed E-state index contributed by atoms with van der Waals surface area (Å²) in [4.78, 5) is 15.1. The second kappa shape index (κ2) is 5.36. The molecular formula is C9H10N4O4S2. The van der Waals surface area contributed by atoms with Crippen LogP contribution in [0.25, 0.3) is 0 Å². The number of thiazole rings is 1. The molecule has 2 N–H and O–H groups in total. The number of hydrogen-bond donors (Lipinski definition) is 2. The quantitative estimate of drug-likeness (QED) is 0.772. The third-order valence-electron chi connectivity index (χ3n) is 2.11. The van der Waals surface area contributed by atoms with Crippen LogP contribution in [-0.2, 0) is 26.0 Å². The summed E-state index contributed by atoms with van der Waals surface area (Å²) < 4.78 is 30.5. The molecule has 0 fully saturated rings. The number of carbonyl (C=O) groups is 1. The van der Waals surface area contributed by atoms with E-state index < -0.39 is 16.0 Å². The Morgan fingerprint density at radius 3 is 3.00 bits per heavy atom. The van der Waals surface area contributed by atoms with Crippen molar-refractivity contribution in [1.29, 1.82) is 0 Å². The normalized spacial score (nSPS) is 11.2. The van der Waals surface area contributed by atoms with Crippen molar-refractivity contribution in [3.8, 4) is 0 Å². The fourth-order valence-electron chi connectivity index (χ4n) is 1.21. The molecule has 0 bridgehead atoms. The van der Waals surface area contributed by atoms with Gasteiger partial charge in [-0.15, -0.1) is 11.3 Å². The molecule has 0 atom stereocenters. The molecule has 0 aromatic carbocycles. The summed E-state index contributed by atoms with van der Waals surface area (Å²) in [5.41, 5.74) is 0.446. The van der Waals surface area contributed by atoms with Crippen LogP contribution < -0.4 is 4.72 Å². The van der Waals surface area contributed by atoms with Crippen molar-refractivity contribution >= 4 is 32.5 Å². The summed E-state index contributed by atoms with van der Waals surface area (Å²) in [6.45, 7) is 0. The first-order chi connectivity index (χ1) is 9.01. The van der Waals surface area contributed by atoms with E-state index in [0.29, 0.717) is 5.69 Å². The predicted molar refractivity (Wildman–Crippen MR) is 67.2 cm³/mol. The number of ether oxygens (including phenoxy) is 1. The van der Waals surface area contributed by atoms with Crippen LogP contribution in [0.1, 0.15) is 5.69 Å². The second-order valence-electron chi connectivity index (χ2n) is 3.44. The Morgan fingerprint density at radius 1 is 1.58 bits per heavy atom. The summed E-state index contributed by atoms with van der Waals surface area (Å²) in [6, 6.07) is 0. The van der Waals surface area contributed by atoms with E-state index in [2.05, 4.69) is 24.6 Å². The van der Waals surface area contributed by atoms with Crippen LogP contribution in [0.3, 0.4) is 0 Å². The molecule has 0 aliphatic heterocycles. The maximum absolute atomic E-state index is 11.9. The Kier molecular flexibility index (Phi) is 3.81. The topological polar surface area (TPSA) is 114 Å². The van der Waals surface area contributed by atoms with Crippen molar-refractivity contribution in [2.75, 3.05) is 11.8 Å². The van der Waals surface area contributed by atoms with Crippen molar-refractivity contribution in [2.24, 2.45) is 0 Å².